The summed E-state index contributed by atoms with van der Waals surface area (Å²) < 4.78 is 37.9. The van der Waals surface area contributed by atoms with Crippen LogP contribution in [0.1, 0.15) is 0 Å². The van der Waals surface area contributed by atoms with Crippen molar-refractivity contribution >= 4 is 18.0 Å². The Labute approximate surface area is 92.3 Å². The van der Waals surface area contributed by atoms with Crippen molar-refractivity contribution in [2.24, 2.45) is 0 Å². The van der Waals surface area contributed by atoms with Crippen molar-refractivity contribution < 1.29 is 42.8 Å². The maximum absolute atomic E-state index is 12.8. The average molecular weight is 261 g/mol. The van der Waals surface area contributed by atoms with Crippen LogP contribution in [0.5, 0.6) is 0 Å². The van der Waals surface area contributed by atoms with E-state index in [4.69, 9.17) is 5.11 Å². The first kappa shape index (κ1) is 13.5. The molecule has 1 rings (SSSR count). The van der Waals surface area contributed by atoms with Crippen LogP contribution in [0.2, 0.25) is 0 Å². The van der Waals surface area contributed by atoms with E-state index >= 15 is 0 Å². The Bertz CT molecular complexity index is 251. The zero-order valence-corrected chi connectivity index (χ0v) is 8.45. The van der Waals surface area contributed by atoms with E-state index in [1.54, 1.807) is 0 Å². The molecule has 0 radical (unpaired) electrons. The normalized spacial score (nSPS) is 25.8. The Balaban J connectivity index is 2.43. The van der Waals surface area contributed by atoms with E-state index in [2.05, 4.69) is 18.8 Å². The number of aliphatic hydroxyl groups is 1. The summed E-state index contributed by atoms with van der Waals surface area (Å²) in [4.78, 5) is 10.9. The van der Waals surface area contributed by atoms with Crippen LogP contribution in [-0.2, 0) is 23.6 Å². The van der Waals surface area contributed by atoms with Crippen molar-refractivity contribution in [3.05, 3.63) is 0 Å². The van der Waals surface area contributed by atoms with Crippen LogP contribution in [0.15, 0.2) is 0 Å². The lowest BCUT2D eigenvalue weighted by molar-refractivity contribution is -0.777. The predicted molar refractivity (Wildman–Crippen MR) is 41.4 cm³/mol. The molecule has 1 fully saturated rings. The van der Waals surface area contributed by atoms with Crippen molar-refractivity contribution in [1.82, 2.24) is 0 Å². The third kappa shape index (κ3) is 3.50. The summed E-state index contributed by atoms with van der Waals surface area (Å²) in [5.41, 5.74) is 0. The van der Waals surface area contributed by atoms with E-state index in [-0.39, 0.29) is 13.2 Å². The molecule has 10 heteroatoms. The molecule has 94 valence electrons. The minimum atomic E-state index is -4.10. The second-order valence-electron chi connectivity index (χ2n) is 2.78. The highest BCUT2D eigenvalue weighted by molar-refractivity contribution is 7.96. The van der Waals surface area contributed by atoms with Crippen LogP contribution < -0.4 is 5.26 Å². The number of alkyl halides is 2. The summed E-state index contributed by atoms with van der Waals surface area (Å²) in [6.45, 7) is -0.274. The molecule has 0 saturated carbocycles. The Morgan fingerprint density at radius 1 is 1.56 bits per heavy atom. The molecule has 0 amide bonds. The fourth-order valence-corrected chi connectivity index (χ4v) is 1.16. The summed E-state index contributed by atoms with van der Waals surface area (Å²) in [6.07, 6.45) is -2.31. The molecule has 1 heterocycles. The smallest absolute Gasteiger partial charge is 0.415 e. The fourth-order valence-electron chi connectivity index (χ4n) is 0.933. The second kappa shape index (κ2) is 5.70. The van der Waals surface area contributed by atoms with Gasteiger partial charge in [0.1, 0.15) is 18.1 Å². The monoisotopic (exact) mass is 261 g/mol. The molecule has 0 spiro atoms. The number of hydrogen-bond donors (Lipinski definition) is 1. The van der Waals surface area contributed by atoms with Crippen LogP contribution in [0.3, 0.4) is 0 Å². The second-order valence-corrected chi connectivity index (χ2v) is 3.60. The lowest BCUT2D eigenvalue weighted by Crippen LogP contribution is -2.36. The summed E-state index contributed by atoms with van der Waals surface area (Å²) in [5.74, 6) is -1.95. The van der Waals surface area contributed by atoms with Gasteiger partial charge in [-0.3, -0.25) is 5.04 Å². The molecule has 1 saturated heterocycles. The van der Waals surface area contributed by atoms with Crippen molar-refractivity contribution in [2.75, 3.05) is 13.2 Å². The number of esters is 1. The summed E-state index contributed by atoms with van der Waals surface area (Å²) in [6, 6.07) is 0. The first-order chi connectivity index (χ1) is 7.47. The third-order valence-corrected chi connectivity index (χ3v) is 2.16. The molecule has 2 unspecified atom stereocenters. The van der Waals surface area contributed by atoms with Crippen LogP contribution in [0.25, 0.3) is 0 Å². The third-order valence-electron chi connectivity index (χ3n) is 1.66. The minimum absolute atomic E-state index is 0.100. The average Bonchev–Trinajstić information content (AvgIpc) is 2.61. The van der Waals surface area contributed by atoms with Gasteiger partial charge in [-0.2, -0.15) is 13.1 Å². The Kier molecular flexibility index (Phi) is 4.83. The van der Waals surface area contributed by atoms with E-state index < -0.39 is 35.5 Å². The maximum Gasteiger partial charge on any atom is 0.415 e. The zero-order chi connectivity index (χ0) is 12.2. The molecule has 0 aromatic heterocycles. The van der Waals surface area contributed by atoms with E-state index in [1.165, 1.54) is 0 Å². The SMILES string of the molecule is O=C(OC1COCC1O)C(F)(F)SOO[O-]. The van der Waals surface area contributed by atoms with E-state index in [9.17, 15) is 18.8 Å². The van der Waals surface area contributed by atoms with E-state index in [1.807, 2.05) is 0 Å². The number of aliphatic hydroxyl groups excluding tert-OH is 1. The van der Waals surface area contributed by atoms with Gasteiger partial charge in [0.25, 0.3) is 0 Å². The van der Waals surface area contributed by atoms with Crippen LogP contribution in [0, 0.1) is 0 Å². The number of carbonyl (C=O) groups excluding carboxylic acids is 1. The topological polar surface area (TPSA) is 97.3 Å². The predicted octanol–water partition coefficient (Wildman–Crippen LogP) is -1.25. The van der Waals surface area contributed by atoms with Gasteiger partial charge in [0.05, 0.1) is 13.2 Å². The van der Waals surface area contributed by atoms with Gasteiger partial charge in [0, 0.05) is 0 Å². The molecule has 0 aromatic rings. The molecule has 1 aliphatic heterocycles. The van der Waals surface area contributed by atoms with Crippen LogP contribution in [0.4, 0.5) is 8.78 Å². The standard InChI is InChI=1S/C6H8F2O7S/c7-6(8,16-15-14-11)5(10)13-4-2-12-1-3(4)9/h3-4,9,11H,1-2H2/p-1. The van der Waals surface area contributed by atoms with E-state index in [0.717, 1.165) is 0 Å². The number of ether oxygens (including phenoxy) is 2. The van der Waals surface area contributed by atoms with Gasteiger partial charge >= 0.3 is 11.2 Å². The van der Waals surface area contributed by atoms with E-state index in [0.29, 0.717) is 0 Å². The van der Waals surface area contributed by atoms with Crippen LogP contribution >= 0.6 is 12.0 Å². The van der Waals surface area contributed by atoms with Crippen molar-refractivity contribution in [2.45, 2.75) is 17.5 Å². The van der Waals surface area contributed by atoms with Gasteiger partial charge in [-0.1, -0.05) is 0 Å². The highest BCUT2D eigenvalue weighted by Crippen LogP contribution is 2.31. The van der Waals surface area contributed by atoms with Gasteiger partial charge < -0.3 is 19.8 Å². The van der Waals surface area contributed by atoms with Gasteiger partial charge in [0.2, 0.25) is 0 Å². The summed E-state index contributed by atoms with van der Waals surface area (Å²) in [7, 11) is 0. The quantitative estimate of drug-likeness (QED) is 0.284. The number of hydrogen-bond acceptors (Lipinski definition) is 8. The maximum atomic E-state index is 12.8. The van der Waals surface area contributed by atoms with Gasteiger partial charge in [0.15, 0.2) is 6.10 Å². The molecular formula is C6H7F2O7S-. The Morgan fingerprint density at radius 2 is 2.25 bits per heavy atom. The summed E-state index contributed by atoms with van der Waals surface area (Å²) in [5, 5.41) is 17.0. The minimum Gasteiger partial charge on any atom is -0.691 e. The lowest BCUT2D eigenvalue weighted by atomic mass is 10.3. The number of carbonyl (C=O) groups is 1. The van der Waals surface area contributed by atoms with Crippen molar-refractivity contribution in [3.8, 4) is 0 Å². The van der Waals surface area contributed by atoms with Crippen LogP contribution in [-0.4, -0.2) is 41.8 Å². The van der Waals surface area contributed by atoms with Crippen molar-refractivity contribution in [3.63, 3.8) is 0 Å². The molecule has 16 heavy (non-hydrogen) atoms. The lowest BCUT2D eigenvalue weighted by Gasteiger charge is -2.18. The molecular weight excluding hydrogens is 254 g/mol. The highest BCUT2D eigenvalue weighted by Gasteiger charge is 2.46. The molecule has 2 atom stereocenters. The van der Waals surface area contributed by atoms with Gasteiger partial charge in [-0.15, -0.1) is 0 Å². The molecule has 0 bridgehead atoms. The first-order valence-electron chi connectivity index (χ1n) is 3.96. The highest BCUT2D eigenvalue weighted by atomic mass is 32.2. The molecule has 1 aliphatic rings. The van der Waals surface area contributed by atoms with Gasteiger partial charge in [-0.25, -0.2) is 4.79 Å². The largest absolute Gasteiger partial charge is 0.691 e. The molecule has 0 aromatic carbocycles. The number of halogens is 2. The van der Waals surface area contributed by atoms with Crippen molar-refractivity contribution in [1.29, 1.82) is 0 Å². The molecule has 1 N–H and O–H groups in total. The fraction of sp³-hybridized carbons (Fsp3) is 0.833. The van der Waals surface area contributed by atoms with Gasteiger partial charge in [-0.05, 0) is 0 Å². The number of rotatable bonds is 5. The zero-order valence-electron chi connectivity index (χ0n) is 7.63. The first-order valence-corrected chi connectivity index (χ1v) is 4.70. The summed E-state index contributed by atoms with van der Waals surface area (Å²) >= 11 is -0.794. The molecule has 7 nitrogen and oxygen atoms in total. The molecule has 0 aliphatic carbocycles. The Morgan fingerprint density at radius 3 is 2.75 bits per heavy atom. The Hall–Kier alpha value is -0.520.